The summed E-state index contributed by atoms with van der Waals surface area (Å²) in [7, 11) is 1.59. The van der Waals surface area contributed by atoms with Crippen LogP contribution in [0.1, 0.15) is 21.6 Å². The summed E-state index contributed by atoms with van der Waals surface area (Å²) in [6.45, 7) is 0.708. The third kappa shape index (κ3) is 4.12. The second-order valence-electron chi connectivity index (χ2n) is 5.65. The molecule has 0 atom stereocenters. The van der Waals surface area contributed by atoms with Gasteiger partial charge in [0.25, 0.3) is 5.91 Å². The van der Waals surface area contributed by atoms with Gasteiger partial charge in [-0.15, -0.1) is 5.10 Å². The number of carbonyl (C=O) groups is 1. The number of ether oxygens (including phenoxy) is 1. The Morgan fingerprint density at radius 2 is 2.00 bits per heavy atom. The van der Waals surface area contributed by atoms with Crippen LogP contribution in [0.25, 0.3) is 0 Å². The second-order valence-corrected chi connectivity index (χ2v) is 6.08. The van der Waals surface area contributed by atoms with E-state index in [1.807, 2.05) is 42.5 Å². The predicted molar refractivity (Wildman–Crippen MR) is 99.2 cm³/mol. The third-order valence-electron chi connectivity index (χ3n) is 3.80. The number of aromatic nitrogens is 3. The van der Waals surface area contributed by atoms with E-state index >= 15 is 0 Å². The molecule has 0 saturated heterocycles. The van der Waals surface area contributed by atoms with Crippen molar-refractivity contribution in [3.8, 4) is 5.75 Å². The molecule has 3 N–H and O–H groups in total. The number of rotatable bonds is 6. The topological polar surface area (TPSA) is 95.1 Å². The fourth-order valence-electron chi connectivity index (χ4n) is 2.46. The lowest BCUT2D eigenvalue weighted by Crippen LogP contribution is -2.24. The molecule has 1 aromatic heterocycles. The molecule has 3 rings (SSSR count). The molecule has 1 heterocycles. The summed E-state index contributed by atoms with van der Waals surface area (Å²) in [5, 5.41) is 11.3. The average molecular weight is 372 g/mol. The van der Waals surface area contributed by atoms with Crippen molar-refractivity contribution in [2.75, 3.05) is 12.8 Å². The van der Waals surface area contributed by atoms with Gasteiger partial charge in [-0.25, -0.2) is 4.68 Å². The number of carbonyl (C=O) groups excluding carboxylic acids is 1. The van der Waals surface area contributed by atoms with E-state index in [9.17, 15) is 4.79 Å². The Labute approximate surface area is 155 Å². The first-order valence-corrected chi connectivity index (χ1v) is 8.29. The minimum atomic E-state index is -0.386. The molecule has 0 spiro atoms. The minimum Gasteiger partial charge on any atom is -0.497 e. The van der Waals surface area contributed by atoms with Gasteiger partial charge in [0.2, 0.25) is 0 Å². The van der Waals surface area contributed by atoms with Crippen molar-refractivity contribution in [2.24, 2.45) is 0 Å². The maximum absolute atomic E-state index is 12.4. The van der Waals surface area contributed by atoms with Crippen molar-refractivity contribution in [1.29, 1.82) is 0 Å². The fraction of sp³-hybridized carbons (Fsp3) is 0.167. The van der Waals surface area contributed by atoms with Crippen LogP contribution >= 0.6 is 11.6 Å². The summed E-state index contributed by atoms with van der Waals surface area (Å²) in [6.07, 6.45) is 0. The first-order chi connectivity index (χ1) is 12.6. The molecule has 8 heteroatoms. The van der Waals surface area contributed by atoms with Gasteiger partial charge in [-0.1, -0.05) is 41.1 Å². The van der Waals surface area contributed by atoms with Gasteiger partial charge in [-0.2, -0.15) is 0 Å². The third-order valence-corrected chi connectivity index (χ3v) is 4.03. The maximum Gasteiger partial charge on any atom is 0.275 e. The number of hydrogen-bond acceptors (Lipinski definition) is 5. The molecule has 1 amide bonds. The van der Waals surface area contributed by atoms with Gasteiger partial charge in [0.05, 0.1) is 13.7 Å². The number of nitrogen functional groups attached to an aromatic ring is 1. The van der Waals surface area contributed by atoms with Crippen molar-refractivity contribution in [3.63, 3.8) is 0 Å². The highest BCUT2D eigenvalue weighted by Gasteiger charge is 2.17. The molecule has 0 aliphatic rings. The molecule has 3 aromatic rings. The number of benzene rings is 2. The minimum absolute atomic E-state index is 0.0925. The largest absolute Gasteiger partial charge is 0.497 e. The van der Waals surface area contributed by atoms with Crippen molar-refractivity contribution in [2.45, 2.75) is 13.1 Å². The summed E-state index contributed by atoms with van der Waals surface area (Å²) in [5.74, 6) is 0.541. The van der Waals surface area contributed by atoms with E-state index in [4.69, 9.17) is 22.1 Å². The van der Waals surface area contributed by atoms with Crippen LogP contribution in [-0.4, -0.2) is 28.0 Å². The van der Waals surface area contributed by atoms with Crippen LogP contribution < -0.4 is 15.8 Å². The van der Waals surface area contributed by atoms with Crippen LogP contribution in [-0.2, 0) is 13.1 Å². The Hall–Kier alpha value is -3.06. The molecule has 0 fully saturated rings. The van der Waals surface area contributed by atoms with E-state index in [0.717, 1.165) is 16.9 Å². The van der Waals surface area contributed by atoms with E-state index < -0.39 is 0 Å². The number of hydrogen-bond donors (Lipinski definition) is 2. The zero-order valence-corrected chi connectivity index (χ0v) is 14.9. The summed E-state index contributed by atoms with van der Waals surface area (Å²) in [5.41, 5.74) is 7.94. The van der Waals surface area contributed by atoms with Crippen LogP contribution in [0.3, 0.4) is 0 Å². The molecule has 0 bridgehead atoms. The SMILES string of the molecule is COc1cccc(CNC(=O)c2nnn(Cc3cccc(Cl)c3)c2N)c1. The van der Waals surface area contributed by atoms with Crippen molar-refractivity contribution in [3.05, 3.63) is 70.4 Å². The first-order valence-electron chi connectivity index (χ1n) is 7.91. The Kier molecular flexibility index (Phi) is 5.38. The smallest absolute Gasteiger partial charge is 0.275 e. The molecule has 7 nitrogen and oxygen atoms in total. The Morgan fingerprint density at radius 3 is 2.77 bits per heavy atom. The van der Waals surface area contributed by atoms with Crippen LogP contribution in [0.15, 0.2) is 48.5 Å². The van der Waals surface area contributed by atoms with Gasteiger partial charge < -0.3 is 15.8 Å². The van der Waals surface area contributed by atoms with Crippen LogP contribution in [0.5, 0.6) is 5.75 Å². The quantitative estimate of drug-likeness (QED) is 0.694. The summed E-state index contributed by atoms with van der Waals surface area (Å²) in [6, 6.07) is 14.8. The number of anilines is 1. The molecule has 0 unspecified atom stereocenters. The van der Waals surface area contributed by atoms with E-state index in [1.54, 1.807) is 13.2 Å². The zero-order chi connectivity index (χ0) is 18.5. The number of methoxy groups -OCH3 is 1. The Morgan fingerprint density at radius 1 is 1.23 bits per heavy atom. The van der Waals surface area contributed by atoms with Crippen molar-refractivity contribution < 1.29 is 9.53 Å². The monoisotopic (exact) mass is 371 g/mol. The molecular formula is C18H18ClN5O2. The number of nitrogens with two attached hydrogens (primary N) is 1. The molecule has 0 aliphatic carbocycles. The summed E-state index contributed by atoms with van der Waals surface area (Å²) in [4.78, 5) is 12.4. The molecule has 0 radical (unpaired) electrons. The average Bonchev–Trinajstić information content (AvgIpc) is 3.00. The van der Waals surface area contributed by atoms with Crippen LogP contribution in [0.4, 0.5) is 5.82 Å². The Balaban J connectivity index is 1.67. The van der Waals surface area contributed by atoms with E-state index in [1.165, 1.54) is 4.68 Å². The van der Waals surface area contributed by atoms with Gasteiger partial charge in [0, 0.05) is 11.6 Å². The predicted octanol–water partition coefficient (Wildman–Crippen LogP) is 2.50. The lowest BCUT2D eigenvalue weighted by Gasteiger charge is -2.07. The zero-order valence-electron chi connectivity index (χ0n) is 14.1. The number of halogens is 1. The van der Waals surface area contributed by atoms with Gasteiger partial charge in [0.1, 0.15) is 5.75 Å². The van der Waals surface area contributed by atoms with Gasteiger partial charge >= 0.3 is 0 Å². The second kappa shape index (κ2) is 7.88. The van der Waals surface area contributed by atoms with Gasteiger partial charge in [0.15, 0.2) is 11.5 Å². The number of nitrogens with one attached hydrogen (secondary N) is 1. The lowest BCUT2D eigenvalue weighted by molar-refractivity contribution is 0.0946. The van der Waals surface area contributed by atoms with E-state index in [0.29, 0.717) is 18.1 Å². The van der Waals surface area contributed by atoms with Crippen LogP contribution in [0, 0.1) is 0 Å². The number of amides is 1. The highest BCUT2D eigenvalue weighted by atomic mass is 35.5. The summed E-state index contributed by atoms with van der Waals surface area (Å²) >= 11 is 5.98. The van der Waals surface area contributed by atoms with Crippen molar-refractivity contribution in [1.82, 2.24) is 20.3 Å². The molecule has 2 aromatic carbocycles. The molecule has 0 saturated carbocycles. The normalized spacial score (nSPS) is 10.5. The molecule has 0 aliphatic heterocycles. The number of nitrogens with zero attached hydrogens (tertiary/aromatic N) is 3. The van der Waals surface area contributed by atoms with Crippen LogP contribution in [0.2, 0.25) is 5.02 Å². The lowest BCUT2D eigenvalue weighted by atomic mass is 10.2. The fourth-order valence-corrected chi connectivity index (χ4v) is 2.67. The Bertz CT molecular complexity index is 925. The van der Waals surface area contributed by atoms with E-state index in [2.05, 4.69) is 15.6 Å². The highest BCUT2D eigenvalue weighted by Crippen LogP contribution is 2.15. The first kappa shape index (κ1) is 17.8. The highest BCUT2D eigenvalue weighted by molar-refractivity contribution is 6.30. The van der Waals surface area contributed by atoms with Crippen molar-refractivity contribution >= 4 is 23.3 Å². The van der Waals surface area contributed by atoms with Gasteiger partial charge in [-0.05, 0) is 35.4 Å². The summed E-state index contributed by atoms with van der Waals surface area (Å²) < 4.78 is 6.63. The molecular weight excluding hydrogens is 354 g/mol. The molecule has 134 valence electrons. The standard InChI is InChI=1S/C18H18ClN5O2/c1-26-15-7-3-4-12(9-15)10-21-18(25)16-17(20)24(23-22-16)11-13-5-2-6-14(19)8-13/h2-9H,10-11,20H2,1H3,(H,21,25). The van der Waals surface area contributed by atoms with Gasteiger partial charge in [-0.3, -0.25) is 4.79 Å². The molecule has 26 heavy (non-hydrogen) atoms. The maximum atomic E-state index is 12.4. The van der Waals surface area contributed by atoms with E-state index in [-0.39, 0.29) is 17.4 Å².